The zero-order chi connectivity index (χ0) is 33.4. The van der Waals surface area contributed by atoms with Crippen LogP contribution in [0.1, 0.15) is 50.4 Å². The maximum Gasteiger partial charge on any atom is 0.410 e. The molecule has 1 amide bonds. The lowest BCUT2D eigenvalue weighted by atomic mass is 9.94. The summed E-state index contributed by atoms with van der Waals surface area (Å²) < 4.78 is 55.4. The van der Waals surface area contributed by atoms with E-state index in [0.29, 0.717) is 50.9 Å². The highest BCUT2D eigenvalue weighted by Crippen LogP contribution is 2.47. The molecule has 0 saturated carbocycles. The van der Waals surface area contributed by atoms with Crippen molar-refractivity contribution in [2.45, 2.75) is 71.2 Å². The highest BCUT2D eigenvalue weighted by atomic mass is 19.1. The summed E-state index contributed by atoms with van der Waals surface area (Å²) in [6.45, 7) is 9.84. The summed E-state index contributed by atoms with van der Waals surface area (Å²) in [5.74, 6) is 2.36. The standard InChI is InChI=1S/C36H36F2N4O5/c1-8-23-25(37)11-9-20-13-22(46-17-44-7)14-24(29(20)23)32-31(38)28-18(2)19(3)39-33-30(28)34(40-32)45-16-27-26-12-10-21(15-41(27)33)42(26)35(43)47-36(4,5)6/h1,9,11,13-14,21,26-27H,10,12,15-17H2,2-7H3. The first-order valence-electron chi connectivity index (χ1n) is 15.7. The van der Waals surface area contributed by atoms with E-state index in [-0.39, 0.29) is 60.3 Å². The zero-order valence-electron chi connectivity index (χ0n) is 27.2. The lowest BCUT2D eigenvalue weighted by Crippen LogP contribution is -2.63. The molecule has 2 aromatic heterocycles. The summed E-state index contributed by atoms with van der Waals surface area (Å²) in [6.07, 6.45) is 7.02. The van der Waals surface area contributed by atoms with Gasteiger partial charge >= 0.3 is 6.09 Å². The molecule has 9 nitrogen and oxygen atoms in total. The fourth-order valence-corrected chi connectivity index (χ4v) is 7.27. The number of hydrogen-bond acceptors (Lipinski definition) is 8. The normalized spacial score (nSPS) is 20.1. The Labute approximate surface area is 271 Å². The van der Waals surface area contributed by atoms with Crippen molar-refractivity contribution in [1.29, 1.82) is 0 Å². The predicted octanol–water partition coefficient (Wildman–Crippen LogP) is 6.66. The second-order valence-corrected chi connectivity index (χ2v) is 13.4. The Morgan fingerprint density at radius 3 is 2.62 bits per heavy atom. The van der Waals surface area contributed by atoms with E-state index in [9.17, 15) is 4.79 Å². The van der Waals surface area contributed by atoms with E-state index in [0.717, 1.165) is 12.8 Å². The van der Waals surface area contributed by atoms with E-state index in [1.54, 1.807) is 18.2 Å². The zero-order valence-corrected chi connectivity index (χ0v) is 27.2. The van der Waals surface area contributed by atoms with Crippen LogP contribution >= 0.6 is 0 Å². The van der Waals surface area contributed by atoms with E-state index in [4.69, 9.17) is 35.3 Å². The van der Waals surface area contributed by atoms with Gasteiger partial charge in [0.1, 0.15) is 35.3 Å². The number of benzene rings is 2. The number of methoxy groups -OCH3 is 1. The van der Waals surface area contributed by atoms with Crippen molar-refractivity contribution in [3.63, 3.8) is 0 Å². The molecular formula is C36H36F2N4O5. The van der Waals surface area contributed by atoms with E-state index >= 15 is 8.78 Å². The molecule has 3 unspecified atom stereocenters. The number of aryl methyl sites for hydroxylation is 2. The third-order valence-electron chi connectivity index (χ3n) is 9.37. The number of rotatable bonds is 4. The third-order valence-corrected chi connectivity index (χ3v) is 9.37. The molecule has 244 valence electrons. The van der Waals surface area contributed by atoms with E-state index < -0.39 is 17.2 Å². The van der Waals surface area contributed by atoms with Gasteiger partial charge in [0.15, 0.2) is 12.6 Å². The molecule has 5 heterocycles. The Balaban J connectivity index is 1.43. The number of ether oxygens (including phenoxy) is 4. The summed E-state index contributed by atoms with van der Waals surface area (Å²) in [5, 5.41) is 1.65. The first-order valence-corrected chi connectivity index (χ1v) is 15.7. The smallest absolute Gasteiger partial charge is 0.410 e. The van der Waals surface area contributed by atoms with Crippen molar-refractivity contribution in [3.05, 3.63) is 52.7 Å². The summed E-state index contributed by atoms with van der Waals surface area (Å²) in [7, 11) is 1.49. The monoisotopic (exact) mass is 642 g/mol. The number of aromatic nitrogens is 2. The molecule has 0 N–H and O–H groups in total. The molecule has 0 spiro atoms. The van der Waals surface area contributed by atoms with Gasteiger partial charge in [0.05, 0.1) is 29.1 Å². The van der Waals surface area contributed by atoms with Crippen LogP contribution < -0.4 is 14.4 Å². The number of terminal acetylenes is 1. The maximum absolute atomic E-state index is 17.2. The summed E-state index contributed by atoms with van der Waals surface area (Å²) in [5.41, 5.74) is 0.827. The molecule has 47 heavy (non-hydrogen) atoms. The number of halogens is 2. The second kappa shape index (κ2) is 11.2. The Kier molecular flexibility index (Phi) is 7.39. The van der Waals surface area contributed by atoms with Gasteiger partial charge in [-0.25, -0.2) is 23.5 Å². The molecule has 7 rings (SSSR count). The van der Waals surface area contributed by atoms with Crippen LogP contribution in [0.3, 0.4) is 0 Å². The van der Waals surface area contributed by atoms with Gasteiger partial charge in [-0.05, 0) is 76.6 Å². The van der Waals surface area contributed by atoms with Gasteiger partial charge < -0.3 is 23.8 Å². The Bertz CT molecular complexity index is 2000. The van der Waals surface area contributed by atoms with Crippen LogP contribution in [0, 0.1) is 37.8 Å². The first kappa shape index (κ1) is 30.9. The quantitative estimate of drug-likeness (QED) is 0.181. The molecule has 3 aliphatic rings. The first-order chi connectivity index (χ1) is 22.4. The number of pyridine rings is 2. The average Bonchev–Trinajstić information content (AvgIpc) is 3.26. The minimum Gasteiger partial charge on any atom is -0.475 e. The van der Waals surface area contributed by atoms with Crippen LogP contribution in [0.15, 0.2) is 24.3 Å². The fraction of sp³-hybridized carbons (Fsp3) is 0.417. The van der Waals surface area contributed by atoms with Gasteiger partial charge in [0, 0.05) is 35.7 Å². The van der Waals surface area contributed by atoms with E-state index in [1.165, 1.54) is 13.2 Å². The molecule has 3 atom stereocenters. The Morgan fingerprint density at radius 1 is 1.11 bits per heavy atom. The van der Waals surface area contributed by atoms with Crippen LogP contribution in [0.2, 0.25) is 0 Å². The van der Waals surface area contributed by atoms with E-state index in [1.807, 2.05) is 39.5 Å². The number of amides is 1. The van der Waals surface area contributed by atoms with Gasteiger partial charge in [0.2, 0.25) is 5.88 Å². The Morgan fingerprint density at radius 2 is 1.89 bits per heavy atom. The second-order valence-electron chi connectivity index (χ2n) is 13.4. The largest absolute Gasteiger partial charge is 0.475 e. The minimum absolute atomic E-state index is 0.0115. The Hall–Kier alpha value is -4.69. The number of piperazine rings is 1. The predicted molar refractivity (Wildman–Crippen MR) is 174 cm³/mol. The third kappa shape index (κ3) is 4.97. The number of carbonyl (C=O) groups is 1. The van der Waals surface area contributed by atoms with Gasteiger partial charge in [0.25, 0.3) is 0 Å². The number of nitrogens with zero attached hydrogens (tertiary/aromatic N) is 4. The molecule has 3 aliphatic heterocycles. The average molecular weight is 643 g/mol. The van der Waals surface area contributed by atoms with Crippen molar-refractivity contribution in [2.24, 2.45) is 0 Å². The van der Waals surface area contributed by atoms with Crippen LogP contribution in [-0.2, 0) is 9.47 Å². The summed E-state index contributed by atoms with van der Waals surface area (Å²) in [4.78, 5) is 27.1. The van der Waals surface area contributed by atoms with Gasteiger partial charge in [-0.15, -0.1) is 6.42 Å². The SMILES string of the molecule is C#Cc1c(F)ccc2cc(OCOC)cc(-c3nc4c5c(nc(C)c(C)c5c3F)N3CC5CCC(C3CO4)N5C(=O)OC(C)(C)C)c12. The molecule has 11 heteroatoms. The summed E-state index contributed by atoms with van der Waals surface area (Å²) >= 11 is 0. The van der Waals surface area contributed by atoms with Crippen molar-refractivity contribution in [1.82, 2.24) is 14.9 Å². The van der Waals surface area contributed by atoms with Gasteiger partial charge in [-0.2, -0.15) is 0 Å². The number of anilines is 1. The number of carbonyl (C=O) groups excluding carboxylic acids is 1. The molecule has 2 saturated heterocycles. The van der Waals surface area contributed by atoms with Crippen molar-refractivity contribution >= 4 is 33.5 Å². The highest BCUT2D eigenvalue weighted by molar-refractivity contribution is 6.06. The lowest BCUT2D eigenvalue weighted by molar-refractivity contribution is 0.00539. The number of fused-ring (bicyclic) bond motifs is 6. The van der Waals surface area contributed by atoms with E-state index in [2.05, 4.69) is 10.8 Å². The maximum atomic E-state index is 17.2. The molecule has 4 aromatic rings. The van der Waals surface area contributed by atoms with Crippen LogP contribution in [-0.4, -0.2) is 71.7 Å². The minimum atomic E-state index is -0.637. The topological polar surface area (TPSA) is 86.3 Å². The molecule has 2 fully saturated rings. The van der Waals surface area contributed by atoms with Crippen molar-refractivity contribution in [3.8, 4) is 35.2 Å². The number of hydrogen-bond donors (Lipinski definition) is 0. The van der Waals surface area contributed by atoms with Crippen molar-refractivity contribution in [2.75, 3.05) is 32.0 Å². The van der Waals surface area contributed by atoms with Gasteiger partial charge in [-0.1, -0.05) is 12.0 Å². The summed E-state index contributed by atoms with van der Waals surface area (Å²) in [6, 6.07) is 5.57. The molecule has 2 bridgehead atoms. The van der Waals surface area contributed by atoms with Crippen molar-refractivity contribution < 1.29 is 32.5 Å². The molecule has 0 aliphatic carbocycles. The van der Waals surface area contributed by atoms with Crippen LogP contribution in [0.4, 0.5) is 19.4 Å². The van der Waals surface area contributed by atoms with Crippen LogP contribution in [0.5, 0.6) is 11.6 Å². The lowest BCUT2D eigenvalue weighted by Gasteiger charge is -2.46. The fourth-order valence-electron chi connectivity index (χ4n) is 7.27. The molecule has 2 aromatic carbocycles. The molecular weight excluding hydrogens is 606 g/mol. The van der Waals surface area contributed by atoms with Crippen LogP contribution in [0.25, 0.3) is 32.8 Å². The molecule has 0 radical (unpaired) electrons. The highest BCUT2D eigenvalue weighted by Gasteiger charge is 2.51. The van der Waals surface area contributed by atoms with Gasteiger partial charge in [-0.3, -0.25) is 4.90 Å².